The summed E-state index contributed by atoms with van der Waals surface area (Å²) in [6.45, 7) is 10.0. The maximum Gasteiger partial charge on any atom is 0.250 e. The van der Waals surface area contributed by atoms with Gasteiger partial charge in [0.05, 0.1) is 10.2 Å². The molecule has 0 saturated heterocycles. The molecular formula is C15H17ClN2OS. The average Bonchev–Trinajstić information content (AvgIpc) is 2.73. The molecule has 0 atom stereocenters. The fourth-order valence-corrected chi connectivity index (χ4v) is 3.18. The highest BCUT2D eigenvalue weighted by Crippen LogP contribution is 2.27. The molecule has 1 aromatic heterocycles. The number of halogens is 1. The molecule has 2 rings (SSSR count). The van der Waals surface area contributed by atoms with Gasteiger partial charge in [-0.3, -0.25) is 4.79 Å². The van der Waals surface area contributed by atoms with E-state index in [1.165, 1.54) is 11.3 Å². The fourth-order valence-electron chi connectivity index (χ4n) is 1.92. The van der Waals surface area contributed by atoms with Crippen LogP contribution < -0.4 is 4.80 Å². The standard InChI is InChI=1S/C15H17ClN2OS/c1-5-8-18-13-10(4)11(16)6-7-12(13)20-15(18)17-14(19)9(2)3/h5-7,9H,1,8H2,2-4H3. The number of thiazole rings is 1. The van der Waals surface area contributed by atoms with Gasteiger partial charge in [-0.25, -0.2) is 0 Å². The summed E-state index contributed by atoms with van der Waals surface area (Å²) in [5.41, 5.74) is 2.03. The topological polar surface area (TPSA) is 34.4 Å². The van der Waals surface area contributed by atoms with E-state index in [0.29, 0.717) is 11.3 Å². The minimum absolute atomic E-state index is 0.109. The molecule has 0 bridgehead atoms. The number of hydrogen-bond donors (Lipinski definition) is 0. The van der Waals surface area contributed by atoms with Gasteiger partial charge < -0.3 is 4.57 Å². The van der Waals surface area contributed by atoms with Gasteiger partial charge in [-0.1, -0.05) is 42.9 Å². The molecule has 0 N–H and O–H groups in total. The lowest BCUT2D eigenvalue weighted by Crippen LogP contribution is -2.18. The molecule has 1 aromatic carbocycles. The van der Waals surface area contributed by atoms with Gasteiger partial charge in [-0.15, -0.1) is 6.58 Å². The highest BCUT2D eigenvalue weighted by molar-refractivity contribution is 7.16. The second kappa shape index (κ2) is 5.94. The Balaban J connectivity index is 2.79. The summed E-state index contributed by atoms with van der Waals surface area (Å²) in [6.07, 6.45) is 1.80. The van der Waals surface area contributed by atoms with Crippen LogP contribution in [0.2, 0.25) is 5.02 Å². The van der Waals surface area contributed by atoms with Gasteiger partial charge in [0.15, 0.2) is 4.80 Å². The zero-order valence-electron chi connectivity index (χ0n) is 11.8. The van der Waals surface area contributed by atoms with Crippen molar-refractivity contribution in [1.29, 1.82) is 0 Å². The van der Waals surface area contributed by atoms with Crippen LogP contribution >= 0.6 is 22.9 Å². The number of rotatable bonds is 3. The minimum Gasteiger partial charge on any atom is -0.312 e. The molecule has 3 nitrogen and oxygen atoms in total. The number of carbonyl (C=O) groups is 1. The van der Waals surface area contributed by atoms with Crippen LogP contribution in [-0.2, 0) is 11.3 Å². The van der Waals surface area contributed by atoms with Crippen LogP contribution in [0.15, 0.2) is 29.8 Å². The van der Waals surface area contributed by atoms with Gasteiger partial charge >= 0.3 is 0 Å². The molecule has 0 aliphatic heterocycles. The molecule has 0 radical (unpaired) electrons. The highest BCUT2D eigenvalue weighted by atomic mass is 35.5. The Morgan fingerprint density at radius 1 is 1.55 bits per heavy atom. The normalized spacial score (nSPS) is 12.3. The summed E-state index contributed by atoms with van der Waals surface area (Å²) in [5.74, 6) is -0.222. The molecule has 106 valence electrons. The van der Waals surface area contributed by atoms with Crippen molar-refractivity contribution in [1.82, 2.24) is 4.57 Å². The minimum atomic E-state index is -0.113. The van der Waals surface area contributed by atoms with Crippen molar-refractivity contribution in [2.24, 2.45) is 10.9 Å². The van der Waals surface area contributed by atoms with Crippen LogP contribution in [-0.4, -0.2) is 10.5 Å². The monoisotopic (exact) mass is 308 g/mol. The molecule has 5 heteroatoms. The Labute approximate surface area is 127 Å². The van der Waals surface area contributed by atoms with Crippen molar-refractivity contribution >= 4 is 39.1 Å². The van der Waals surface area contributed by atoms with Crippen LogP contribution in [0.3, 0.4) is 0 Å². The molecule has 0 aliphatic carbocycles. The van der Waals surface area contributed by atoms with E-state index < -0.39 is 0 Å². The number of aromatic nitrogens is 1. The summed E-state index contributed by atoms with van der Waals surface area (Å²) in [7, 11) is 0. The summed E-state index contributed by atoms with van der Waals surface area (Å²) < 4.78 is 3.07. The van der Waals surface area contributed by atoms with Gasteiger partial charge in [0.1, 0.15) is 0 Å². The van der Waals surface area contributed by atoms with E-state index in [-0.39, 0.29) is 11.8 Å². The van der Waals surface area contributed by atoms with Crippen LogP contribution in [0.1, 0.15) is 19.4 Å². The lowest BCUT2D eigenvalue weighted by Gasteiger charge is -2.05. The van der Waals surface area contributed by atoms with E-state index in [4.69, 9.17) is 11.6 Å². The predicted molar refractivity (Wildman–Crippen MR) is 85.2 cm³/mol. The zero-order valence-corrected chi connectivity index (χ0v) is 13.4. The van der Waals surface area contributed by atoms with Crippen molar-refractivity contribution in [2.75, 3.05) is 0 Å². The third-order valence-electron chi connectivity index (χ3n) is 3.04. The maximum absolute atomic E-state index is 11.9. The SMILES string of the molecule is C=CCn1c(=NC(=O)C(C)C)sc2ccc(Cl)c(C)c21. The Hall–Kier alpha value is -1.39. The number of aryl methyl sites for hydroxylation is 1. The summed E-state index contributed by atoms with van der Waals surface area (Å²) in [4.78, 5) is 16.8. The first-order valence-corrected chi connectivity index (χ1v) is 7.63. The number of fused-ring (bicyclic) bond motifs is 1. The van der Waals surface area contributed by atoms with Crippen molar-refractivity contribution in [3.8, 4) is 0 Å². The molecule has 0 unspecified atom stereocenters. The molecule has 20 heavy (non-hydrogen) atoms. The maximum atomic E-state index is 11.9. The van der Waals surface area contributed by atoms with Crippen molar-refractivity contribution in [3.63, 3.8) is 0 Å². The number of amides is 1. The number of benzene rings is 1. The first kappa shape index (κ1) is 15.0. The van der Waals surface area contributed by atoms with Crippen molar-refractivity contribution < 1.29 is 4.79 Å². The Morgan fingerprint density at radius 3 is 2.85 bits per heavy atom. The van der Waals surface area contributed by atoms with Crippen LogP contribution in [0.5, 0.6) is 0 Å². The summed E-state index contributed by atoms with van der Waals surface area (Å²) in [5, 5.41) is 0.717. The lowest BCUT2D eigenvalue weighted by molar-refractivity contribution is -0.120. The average molecular weight is 309 g/mol. The summed E-state index contributed by atoms with van der Waals surface area (Å²) >= 11 is 7.69. The van der Waals surface area contributed by atoms with Gasteiger partial charge in [-0.2, -0.15) is 4.99 Å². The van der Waals surface area contributed by atoms with Crippen LogP contribution in [0.4, 0.5) is 0 Å². The van der Waals surface area contributed by atoms with E-state index in [1.807, 2.05) is 37.5 Å². The highest BCUT2D eigenvalue weighted by Gasteiger charge is 2.12. The van der Waals surface area contributed by atoms with Crippen LogP contribution in [0.25, 0.3) is 10.2 Å². The fraction of sp³-hybridized carbons (Fsp3) is 0.333. The molecular weight excluding hydrogens is 292 g/mol. The number of allylic oxidation sites excluding steroid dienone is 1. The van der Waals surface area contributed by atoms with E-state index in [9.17, 15) is 4.79 Å². The molecule has 1 heterocycles. The molecule has 0 spiro atoms. The van der Waals surface area contributed by atoms with Crippen molar-refractivity contribution in [2.45, 2.75) is 27.3 Å². The Morgan fingerprint density at radius 2 is 2.25 bits per heavy atom. The third-order valence-corrected chi connectivity index (χ3v) is 4.49. The lowest BCUT2D eigenvalue weighted by atomic mass is 10.2. The molecule has 0 aliphatic rings. The zero-order chi connectivity index (χ0) is 14.9. The van der Waals surface area contributed by atoms with E-state index in [1.54, 1.807) is 6.08 Å². The van der Waals surface area contributed by atoms with E-state index >= 15 is 0 Å². The van der Waals surface area contributed by atoms with E-state index in [0.717, 1.165) is 20.8 Å². The quantitative estimate of drug-likeness (QED) is 0.791. The smallest absolute Gasteiger partial charge is 0.250 e. The number of hydrogen-bond acceptors (Lipinski definition) is 2. The second-order valence-electron chi connectivity index (χ2n) is 4.91. The Kier molecular flexibility index (Phi) is 4.45. The number of carbonyl (C=O) groups excluding carboxylic acids is 1. The van der Waals surface area contributed by atoms with Gasteiger partial charge in [0.2, 0.25) is 0 Å². The first-order valence-electron chi connectivity index (χ1n) is 6.43. The van der Waals surface area contributed by atoms with Crippen molar-refractivity contribution in [3.05, 3.63) is 40.2 Å². The molecule has 0 fully saturated rings. The third kappa shape index (κ3) is 2.72. The number of nitrogens with zero attached hydrogens (tertiary/aromatic N) is 2. The largest absolute Gasteiger partial charge is 0.312 e. The molecule has 1 amide bonds. The first-order chi connectivity index (χ1) is 9.45. The summed E-state index contributed by atoms with van der Waals surface area (Å²) in [6, 6.07) is 3.84. The Bertz CT molecular complexity index is 740. The van der Waals surface area contributed by atoms with Crippen LogP contribution in [0, 0.1) is 12.8 Å². The van der Waals surface area contributed by atoms with Gasteiger partial charge in [0.25, 0.3) is 5.91 Å². The molecule has 0 saturated carbocycles. The van der Waals surface area contributed by atoms with E-state index in [2.05, 4.69) is 11.6 Å². The predicted octanol–water partition coefficient (Wildman–Crippen LogP) is 3.93. The molecule has 2 aromatic rings. The second-order valence-corrected chi connectivity index (χ2v) is 6.32. The van der Waals surface area contributed by atoms with Gasteiger partial charge in [0, 0.05) is 17.5 Å². The van der Waals surface area contributed by atoms with Gasteiger partial charge in [-0.05, 0) is 24.6 Å².